The van der Waals surface area contributed by atoms with Crippen LogP contribution in [0.15, 0.2) is 12.1 Å². The Labute approximate surface area is 107 Å². The average molecular weight is 269 g/mol. The molecular weight excluding hydrogens is 260 g/mol. The molecule has 1 rings (SSSR count). The third-order valence-corrected chi connectivity index (χ3v) is 2.11. The Morgan fingerprint density at radius 2 is 2.21 bits per heavy atom. The van der Waals surface area contributed by atoms with Crippen molar-refractivity contribution in [3.8, 4) is 11.8 Å². The van der Waals surface area contributed by atoms with Crippen molar-refractivity contribution in [2.75, 3.05) is 6.61 Å². The van der Waals surface area contributed by atoms with Gasteiger partial charge in [-0.15, -0.1) is 0 Å². The second kappa shape index (κ2) is 6.44. The van der Waals surface area contributed by atoms with Gasteiger partial charge in [-0.1, -0.05) is 0 Å². The monoisotopic (exact) mass is 269 g/mol. The van der Waals surface area contributed by atoms with Crippen molar-refractivity contribution in [3.63, 3.8) is 0 Å². The van der Waals surface area contributed by atoms with E-state index in [1.165, 1.54) is 6.92 Å². The first-order chi connectivity index (χ1) is 9.03. The Balaban J connectivity index is 3.36. The minimum atomic E-state index is -3.17. The van der Waals surface area contributed by atoms with Crippen molar-refractivity contribution in [2.24, 2.45) is 0 Å². The molecular formula is C12H9F2NO4. The molecule has 0 radical (unpaired) electrons. The summed E-state index contributed by atoms with van der Waals surface area (Å²) in [6.07, 6.45) is 0.311. The summed E-state index contributed by atoms with van der Waals surface area (Å²) in [5.41, 5.74) is -0.602. The fourth-order valence-electron chi connectivity index (χ4n) is 1.35. The molecule has 0 atom stereocenters. The van der Waals surface area contributed by atoms with Crippen molar-refractivity contribution >= 4 is 12.3 Å². The van der Waals surface area contributed by atoms with Crippen LogP contribution >= 0.6 is 0 Å². The van der Waals surface area contributed by atoms with E-state index in [0.717, 1.165) is 12.1 Å². The minimum absolute atomic E-state index is 0.0320. The second-order valence-electron chi connectivity index (χ2n) is 3.26. The normalized spacial score (nSPS) is 9.84. The molecule has 0 aliphatic heterocycles. The number of rotatable bonds is 5. The van der Waals surface area contributed by atoms with Gasteiger partial charge in [-0.25, -0.2) is 4.79 Å². The van der Waals surface area contributed by atoms with Gasteiger partial charge in [0.15, 0.2) is 6.29 Å². The number of nitriles is 1. The molecule has 1 aromatic rings. The van der Waals surface area contributed by atoms with E-state index in [-0.39, 0.29) is 23.3 Å². The molecule has 0 aliphatic carbocycles. The van der Waals surface area contributed by atoms with E-state index < -0.39 is 18.3 Å². The molecule has 19 heavy (non-hydrogen) atoms. The maximum Gasteiger partial charge on any atom is 0.387 e. The third kappa shape index (κ3) is 3.48. The van der Waals surface area contributed by atoms with Gasteiger partial charge in [0.25, 0.3) is 0 Å². The molecule has 1 aromatic carbocycles. The van der Waals surface area contributed by atoms with Crippen LogP contribution in [0.25, 0.3) is 0 Å². The van der Waals surface area contributed by atoms with Crippen LogP contribution in [-0.4, -0.2) is 25.5 Å². The van der Waals surface area contributed by atoms with Crippen LogP contribution in [0.5, 0.6) is 5.75 Å². The van der Waals surface area contributed by atoms with Crippen molar-refractivity contribution in [1.29, 1.82) is 5.26 Å². The van der Waals surface area contributed by atoms with Crippen LogP contribution < -0.4 is 4.74 Å². The maximum absolute atomic E-state index is 12.2. The summed E-state index contributed by atoms with van der Waals surface area (Å²) >= 11 is 0. The van der Waals surface area contributed by atoms with Crippen LogP contribution in [-0.2, 0) is 4.74 Å². The predicted molar refractivity (Wildman–Crippen MR) is 59.1 cm³/mol. The van der Waals surface area contributed by atoms with E-state index in [4.69, 9.17) is 5.26 Å². The summed E-state index contributed by atoms with van der Waals surface area (Å²) < 4.78 is 33.3. The Morgan fingerprint density at radius 1 is 1.53 bits per heavy atom. The molecule has 0 bridgehead atoms. The minimum Gasteiger partial charge on any atom is -0.462 e. The lowest BCUT2D eigenvalue weighted by molar-refractivity contribution is -0.0504. The SMILES string of the molecule is CCOC(=O)c1cc(C#N)c(C=O)cc1OC(F)F. The zero-order chi connectivity index (χ0) is 14.4. The van der Waals surface area contributed by atoms with Gasteiger partial charge in [-0.3, -0.25) is 4.79 Å². The van der Waals surface area contributed by atoms with Gasteiger partial charge in [0, 0.05) is 5.56 Å². The third-order valence-electron chi connectivity index (χ3n) is 2.11. The molecule has 0 heterocycles. The lowest BCUT2D eigenvalue weighted by Gasteiger charge is -2.11. The van der Waals surface area contributed by atoms with Gasteiger partial charge < -0.3 is 9.47 Å². The number of ether oxygens (including phenoxy) is 2. The summed E-state index contributed by atoms with van der Waals surface area (Å²) in [7, 11) is 0. The number of halogens is 2. The standard InChI is InChI=1S/C12H9F2NO4/c1-2-18-11(17)9-3-7(5-15)8(6-16)4-10(9)19-12(13)14/h3-4,6,12H,2H2,1H3. The molecule has 0 N–H and O–H groups in total. The van der Waals surface area contributed by atoms with Crippen molar-refractivity contribution < 1.29 is 27.8 Å². The van der Waals surface area contributed by atoms with Gasteiger partial charge in [0.05, 0.1) is 18.2 Å². The quantitative estimate of drug-likeness (QED) is 0.604. The highest BCUT2D eigenvalue weighted by Crippen LogP contribution is 2.25. The van der Waals surface area contributed by atoms with E-state index in [2.05, 4.69) is 9.47 Å². The molecule has 0 aliphatic rings. The Kier molecular flexibility index (Phi) is 4.94. The molecule has 0 aromatic heterocycles. The van der Waals surface area contributed by atoms with E-state index in [1.54, 1.807) is 6.07 Å². The molecule has 7 heteroatoms. The highest BCUT2D eigenvalue weighted by molar-refractivity contribution is 5.95. The zero-order valence-electron chi connectivity index (χ0n) is 9.85. The first kappa shape index (κ1) is 14.6. The Morgan fingerprint density at radius 3 is 2.68 bits per heavy atom. The molecule has 0 saturated carbocycles. The van der Waals surface area contributed by atoms with Crippen LogP contribution in [0.2, 0.25) is 0 Å². The van der Waals surface area contributed by atoms with Gasteiger partial charge in [0.1, 0.15) is 11.3 Å². The van der Waals surface area contributed by atoms with Crippen molar-refractivity contribution in [1.82, 2.24) is 0 Å². The summed E-state index contributed by atoms with van der Waals surface area (Å²) in [6.45, 7) is -1.60. The highest BCUT2D eigenvalue weighted by Gasteiger charge is 2.20. The van der Waals surface area contributed by atoms with Gasteiger partial charge in [-0.2, -0.15) is 14.0 Å². The van der Waals surface area contributed by atoms with Crippen LogP contribution in [0.3, 0.4) is 0 Å². The van der Waals surface area contributed by atoms with E-state index in [9.17, 15) is 18.4 Å². The predicted octanol–water partition coefficient (Wildman–Crippen LogP) is 2.15. The number of hydrogen-bond acceptors (Lipinski definition) is 5. The Hall–Kier alpha value is -2.49. The number of esters is 1. The first-order valence-corrected chi connectivity index (χ1v) is 5.18. The van der Waals surface area contributed by atoms with Crippen LogP contribution in [0.4, 0.5) is 8.78 Å². The number of nitrogens with zero attached hydrogens (tertiary/aromatic N) is 1. The molecule has 0 saturated heterocycles. The highest BCUT2D eigenvalue weighted by atomic mass is 19.3. The Bertz CT molecular complexity index is 537. The lowest BCUT2D eigenvalue weighted by Crippen LogP contribution is -2.12. The molecule has 0 unspecified atom stereocenters. The van der Waals surface area contributed by atoms with Crippen molar-refractivity contribution in [3.05, 3.63) is 28.8 Å². The van der Waals surface area contributed by atoms with Gasteiger partial charge in [0.2, 0.25) is 0 Å². The van der Waals surface area contributed by atoms with Gasteiger partial charge >= 0.3 is 12.6 Å². The molecule has 0 fully saturated rings. The van der Waals surface area contributed by atoms with Crippen LogP contribution in [0.1, 0.15) is 33.2 Å². The topological polar surface area (TPSA) is 76.4 Å². The van der Waals surface area contributed by atoms with Gasteiger partial charge in [-0.05, 0) is 19.1 Å². The largest absolute Gasteiger partial charge is 0.462 e. The summed E-state index contributed by atoms with van der Waals surface area (Å²) in [5, 5.41) is 8.81. The second-order valence-corrected chi connectivity index (χ2v) is 3.26. The number of aldehydes is 1. The smallest absolute Gasteiger partial charge is 0.387 e. The van der Waals surface area contributed by atoms with E-state index in [1.807, 2.05) is 0 Å². The van der Waals surface area contributed by atoms with E-state index in [0.29, 0.717) is 6.29 Å². The fourth-order valence-corrected chi connectivity index (χ4v) is 1.35. The molecule has 0 amide bonds. The van der Waals surface area contributed by atoms with Crippen LogP contribution in [0, 0.1) is 11.3 Å². The first-order valence-electron chi connectivity index (χ1n) is 5.18. The zero-order valence-corrected chi connectivity index (χ0v) is 9.85. The summed E-state index contributed by atoms with van der Waals surface area (Å²) in [6, 6.07) is 3.57. The molecule has 5 nitrogen and oxygen atoms in total. The lowest BCUT2D eigenvalue weighted by atomic mass is 10.0. The molecule has 0 spiro atoms. The maximum atomic E-state index is 12.2. The van der Waals surface area contributed by atoms with E-state index >= 15 is 0 Å². The average Bonchev–Trinajstić information content (AvgIpc) is 2.37. The fraction of sp³-hybridized carbons (Fsp3) is 0.250. The van der Waals surface area contributed by atoms with Crippen molar-refractivity contribution in [2.45, 2.75) is 13.5 Å². The number of carbonyl (C=O) groups is 2. The number of carbonyl (C=O) groups excluding carboxylic acids is 2. The number of alkyl halides is 2. The summed E-state index contributed by atoms with van der Waals surface area (Å²) in [5.74, 6) is -1.42. The summed E-state index contributed by atoms with van der Waals surface area (Å²) in [4.78, 5) is 22.3. The number of benzene rings is 1. The molecule has 100 valence electrons. The number of hydrogen-bond donors (Lipinski definition) is 0.